The lowest BCUT2D eigenvalue weighted by Crippen LogP contribution is -2.07. The molecule has 0 amide bonds. The van der Waals surface area contributed by atoms with E-state index >= 15 is 0 Å². The fraction of sp³-hybridized carbons (Fsp3) is 0.357. The van der Waals surface area contributed by atoms with Crippen LogP contribution in [0.15, 0.2) is 16.6 Å². The van der Waals surface area contributed by atoms with Crippen molar-refractivity contribution in [3.05, 3.63) is 39.1 Å². The van der Waals surface area contributed by atoms with Gasteiger partial charge in [-0.05, 0) is 43.5 Å². The first-order chi connectivity index (χ1) is 9.45. The van der Waals surface area contributed by atoms with Crippen molar-refractivity contribution in [1.29, 1.82) is 0 Å². The number of halogens is 1. The average molecular weight is 338 g/mol. The molecule has 1 aromatic heterocycles. The SMILES string of the molecule is CCCc1c(C(=O)O)nnn1-c1cc(C)c(Br)c(C)c1. The molecule has 1 aromatic carbocycles. The largest absolute Gasteiger partial charge is 0.476 e. The summed E-state index contributed by atoms with van der Waals surface area (Å²) in [6, 6.07) is 3.94. The molecule has 2 aromatic rings. The van der Waals surface area contributed by atoms with Crippen LogP contribution in [0.4, 0.5) is 0 Å². The Labute approximate surface area is 125 Å². The zero-order chi connectivity index (χ0) is 14.9. The van der Waals surface area contributed by atoms with Gasteiger partial charge in [-0.15, -0.1) is 5.10 Å². The number of hydrogen-bond acceptors (Lipinski definition) is 3. The molecule has 1 N–H and O–H groups in total. The second-order valence-corrected chi connectivity index (χ2v) is 5.54. The van der Waals surface area contributed by atoms with E-state index in [0.29, 0.717) is 12.1 Å². The number of aromatic carboxylic acids is 1. The third kappa shape index (κ3) is 2.60. The second-order valence-electron chi connectivity index (χ2n) is 4.75. The third-order valence-electron chi connectivity index (χ3n) is 3.12. The van der Waals surface area contributed by atoms with E-state index in [-0.39, 0.29) is 5.69 Å². The highest BCUT2D eigenvalue weighted by Gasteiger charge is 2.19. The fourth-order valence-electron chi connectivity index (χ4n) is 2.18. The molecule has 0 saturated heterocycles. The number of hydrogen-bond donors (Lipinski definition) is 1. The maximum atomic E-state index is 11.2. The van der Waals surface area contributed by atoms with Gasteiger partial charge >= 0.3 is 5.97 Å². The fourth-order valence-corrected chi connectivity index (χ4v) is 2.41. The molecule has 0 aliphatic carbocycles. The molecule has 0 spiro atoms. The lowest BCUT2D eigenvalue weighted by molar-refractivity contribution is 0.0689. The Morgan fingerprint density at radius 2 is 1.95 bits per heavy atom. The van der Waals surface area contributed by atoms with Gasteiger partial charge in [-0.25, -0.2) is 9.48 Å². The first-order valence-corrected chi connectivity index (χ1v) is 7.20. The summed E-state index contributed by atoms with van der Waals surface area (Å²) in [5.41, 5.74) is 3.67. The summed E-state index contributed by atoms with van der Waals surface area (Å²) >= 11 is 3.52. The molecule has 0 unspecified atom stereocenters. The molecule has 0 aliphatic rings. The standard InChI is InChI=1S/C14H16BrN3O2/c1-4-5-11-13(14(19)20)16-17-18(11)10-6-8(2)12(15)9(3)7-10/h6-7H,4-5H2,1-3H3,(H,19,20). The van der Waals surface area contributed by atoms with Gasteiger partial charge in [0.15, 0.2) is 5.69 Å². The van der Waals surface area contributed by atoms with Crippen molar-refractivity contribution in [2.24, 2.45) is 0 Å². The number of carboxylic acid groups (broad SMARTS) is 1. The Hall–Kier alpha value is -1.69. The van der Waals surface area contributed by atoms with E-state index in [0.717, 1.165) is 27.7 Å². The van der Waals surface area contributed by atoms with Crippen molar-refractivity contribution in [1.82, 2.24) is 15.0 Å². The highest BCUT2D eigenvalue weighted by molar-refractivity contribution is 9.10. The van der Waals surface area contributed by atoms with Gasteiger partial charge in [0, 0.05) is 4.47 Å². The molecule has 6 heteroatoms. The van der Waals surface area contributed by atoms with E-state index in [1.54, 1.807) is 4.68 Å². The first kappa shape index (κ1) is 14.7. The smallest absolute Gasteiger partial charge is 0.358 e. The minimum absolute atomic E-state index is 0.0325. The van der Waals surface area contributed by atoms with Crippen molar-refractivity contribution in [3.63, 3.8) is 0 Å². The Kier molecular flexibility index (Phi) is 4.23. The summed E-state index contributed by atoms with van der Waals surface area (Å²) in [5.74, 6) is -1.04. The van der Waals surface area contributed by atoms with Crippen molar-refractivity contribution in [3.8, 4) is 5.69 Å². The van der Waals surface area contributed by atoms with Crippen LogP contribution in [0.2, 0.25) is 0 Å². The molecule has 0 atom stereocenters. The highest BCUT2D eigenvalue weighted by Crippen LogP contribution is 2.25. The monoisotopic (exact) mass is 337 g/mol. The molecule has 20 heavy (non-hydrogen) atoms. The Morgan fingerprint density at radius 3 is 2.45 bits per heavy atom. The number of aryl methyl sites for hydroxylation is 2. The molecule has 0 bridgehead atoms. The van der Waals surface area contributed by atoms with Crippen LogP contribution < -0.4 is 0 Å². The highest BCUT2D eigenvalue weighted by atomic mass is 79.9. The predicted molar refractivity (Wildman–Crippen MR) is 79.5 cm³/mol. The van der Waals surface area contributed by atoms with Gasteiger partial charge in [0.2, 0.25) is 0 Å². The number of nitrogens with zero attached hydrogens (tertiary/aromatic N) is 3. The van der Waals surface area contributed by atoms with Crippen LogP contribution in [0.25, 0.3) is 5.69 Å². The van der Waals surface area contributed by atoms with Crippen LogP contribution in [-0.4, -0.2) is 26.1 Å². The zero-order valence-electron chi connectivity index (χ0n) is 11.6. The van der Waals surface area contributed by atoms with E-state index in [1.165, 1.54) is 0 Å². The quantitative estimate of drug-likeness (QED) is 0.929. The van der Waals surface area contributed by atoms with Crippen LogP contribution in [0.5, 0.6) is 0 Å². The number of carbonyl (C=O) groups is 1. The van der Waals surface area contributed by atoms with Crippen molar-refractivity contribution in [2.75, 3.05) is 0 Å². The van der Waals surface area contributed by atoms with Crippen molar-refractivity contribution >= 4 is 21.9 Å². The number of carboxylic acids is 1. The molecule has 0 fully saturated rings. The second kappa shape index (κ2) is 5.75. The molecule has 1 heterocycles. The average Bonchev–Trinajstić information content (AvgIpc) is 2.79. The summed E-state index contributed by atoms with van der Waals surface area (Å²) in [6.45, 7) is 5.99. The van der Waals surface area contributed by atoms with Gasteiger partial charge in [-0.1, -0.05) is 34.5 Å². The zero-order valence-corrected chi connectivity index (χ0v) is 13.2. The van der Waals surface area contributed by atoms with Gasteiger partial charge in [0.25, 0.3) is 0 Å². The molecule has 0 saturated carbocycles. The normalized spacial score (nSPS) is 10.8. The van der Waals surface area contributed by atoms with Gasteiger partial charge < -0.3 is 5.11 Å². The lowest BCUT2D eigenvalue weighted by Gasteiger charge is -2.10. The van der Waals surface area contributed by atoms with Crippen molar-refractivity contribution < 1.29 is 9.90 Å². The molecule has 0 radical (unpaired) electrons. The minimum atomic E-state index is -1.04. The van der Waals surface area contributed by atoms with Crippen LogP contribution in [0.1, 0.15) is 40.7 Å². The Morgan fingerprint density at radius 1 is 1.35 bits per heavy atom. The summed E-state index contributed by atoms with van der Waals surface area (Å²) in [7, 11) is 0. The van der Waals surface area contributed by atoms with Gasteiger partial charge in [-0.2, -0.15) is 0 Å². The van der Waals surface area contributed by atoms with E-state index in [2.05, 4.69) is 26.2 Å². The molecular formula is C14H16BrN3O2. The van der Waals surface area contributed by atoms with Crippen LogP contribution in [0, 0.1) is 13.8 Å². The summed E-state index contributed by atoms with van der Waals surface area (Å²) in [5, 5.41) is 17.0. The van der Waals surface area contributed by atoms with E-state index in [4.69, 9.17) is 0 Å². The van der Waals surface area contributed by atoms with Gasteiger partial charge in [0.1, 0.15) is 0 Å². The van der Waals surface area contributed by atoms with Gasteiger partial charge in [-0.3, -0.25) is 0 Å². The van der Waals surface area contributed by atoms with Crippen molar-refractivity contribution in [2.45, 2.75) is 33.6 Å². The predicted octanol–water partition coefficient (Wildman–Crippen LogP) is 3.30. The van der Waals surface area contributed by atoms with Gasteiger partial charge in [0.05, 0.1) is 11.4 Å². The summed E-state index contributed by atoms with van der Waals surface area (Å²) in [4.78, 5) is 11.2. The Bertz CT molecular complexity index is 641. The summed E-state index contributed by atoms with van der Waals surface area (Å²) < 4.78 is 2.68. The van der Waals surface area contributed by atoms with E-state index in [1.807, 2.05) is 32.9 Å². The summed E-state index contributed by atoms with van der Waals surface area (Å²) in [6.07, 6.45) is 1.46. The third-order valence-corrected chi connectivity index (χ3v) is 4.37. The van der Waals surface area contributed by atoms with Crippen LogP contribution >= 0.6 is 15.9 Å². The maximum absolute atomic E-state index is 11.2. The topological polar surface area (TPSA) is 68.0 Å². The number of benzene rings is 1. The minimum Gasteiger partial charge on any atom is -0.476 e. The van der Waals surface area contributed by atoms with Crippen LogP contribution in [0.3, 0.4) is 0 Å². The van der Waals surface area contributed by atoms with Crippen LogP contribution in [-0.2, 0) is 6.42 Å². The molecule has 5 nitrogen and oxygen atoms in total. The lowest BCUT2D eigenvalue weighted by atomic mass is 10.1. The maximum Gasteiger partial charge on any atom is 0.358 e. The number of rotatable bonds is 4. The molecule has 2 rings (SSSR count). The number of aromatic nitrogens is 3. The molecule has 0 aliphatic heterocycles. The van der Waals surface area contributed by atoms with E-state index < -0.39 is 5.97 Å². The van der Waals surface area contributed by atoms with E-state index in [9.17, 15) is 9.90 Å². The Balaban J connectivity index is 2.60. The first-order valence-electron chi connectivity index (χ1n) is 6.40. The molecule has 106 valence electrons. The molecular weight excluding hydrogens is 322 g/mol.